The van der Waals surface area contributed by atoms with E-state index in [1.165, 1.54) is 6.92 Å². The first-order valence-electron chi connectivity index (χ1n) is 7.08. The molecule has 0 saturated carbocycles. The molecule has 5 unspecified atom stereocenters. The van der Waals surface area contributed by atoms with Gasteiger partial charge in [-0.05, 0) is 5.44 Å². The molecule has 1 rings (SSSR count). The molecule has 11 heteroatoms. The average molecular weight is 560 g/mol. The van der Waals surface area contributed by atoms with Crippen LogP contribution in [0.15, 0.2) is 0 Å². The Balaban J connectivity index is 0.00000576. The van der Waals surface area contributed by atoms with Crippen LogP contribution in [0, 0.1) is 0 Å². The van der Waals surface area contributed by atoms with Crippen LogP contribution in [0.2, 0.25) is 0 Å². The molecule has 1 aliphatic heterocycles. The van der Waals surface area contributed by atoms with Crippen LogP contribution in [-0.2, 0) is 77.9 Å². The van der Waals surface area contributed by atoms with Gasteiger partial charge < -0.3 is 36.3 Å². The van der Waals surface area contributed by atoms with Crippen LogP contribution >= 0.6 is 0 Å². The first-order valence-corrected chi connectivity index (χ1v) is 7.55. The molecule has 25 heavy (non-hydrogen) atoms. The van der Waals surface area contributed by atoms with Crippen molar-refractivity contribution in [2.45, 2.75) is 57.5 Å². The third-order valence-corrected chi connectivity index (χ3v) is 3.33. The summed E-state index contributed by atoms with van der Waals surface area (Å²) in [4.78, 5) is 45.0. The summed E-state index contributed by atoms with van der Waals surface area (Å²) in [7, 11) is 0. The minimum Gasteiger partial charge on any atom is -0.757 e. The van der Waals surface area contributed by atoms with Crippen LogP contribution in [0.4, 0.5) is 0 Å². The fourth-order valence-corrected chi connectivity index (χ4v) is 2.54. The zero-order chi connectivity index (χ0) is 18.4. The summed E-state index contributed by atoms with van der Waals surface area (Å²) in [5.41, 5.74) is -1.09. The fraction of sp³-hybridized carbons (Fsp3) is 0.714. The molecule has 0 spiro atoms. The van der Waals surface area contributed by atoms with Gasteiger partial charge >= 0.3 is 46.3 Å². The summed E-state index contributed by atoms with van der Waals surface area (Å²) in [5.74, 6) is -2.62. The van der Waals surface area contributed by atoms with Crippen LogP contribution in [0.25, 0.3) is 0 Å². The smallest absolute Gasteiger partial charge is 0.757 e. The van der Waals surface area contributed by atoms with Crippen molar-refractivity contribution in [3.05, 3.63) is 0 Å². The third-order valence-electron chi connectivity index (χ3n) is 2.95. The Morgan fingerprint density at radius 3 is 1.68 bits per heavy atom. The van der Waals surface area contributed by atoms with Crippen molar-refractivity contribution >= 4 is 36.5 Å². The van der Waals surface area contributed by atoms with E-state index < -0.39 is 53.7 Å². The molecule has 0 aromatic heterocycles. The van der Waals surface area contributed by atoms with Gasteiger partial charge in [0.2, 0.25) is 0 Å². The SMILES string of the molecule is CC(=O)OCC1OC([S-])C(OC(C)=O)C(OC(C)=O)C1OC(C)=O.[Au+]. The predicted octanol–water partition coefficient (Wildman–Crippen LogP) is -0.386. The molecule has 0 bridgehead atoms. The van der Waals surface area contributed by atoms with Crippen molar-refractivity contribution < 1.29 is 65.2 Å². The van der Waals surface area contributed by atoms with E-state index in [0.717, 1.165) is 20.8 Å². The van der Waals surface area contributed by atoms with Gasteiger partial charge in [0.05, 0.1) is 0 Å². The topological polar surface area (TPSA) is 114 Å². The minimum atomic E-state index is -1.19. The van der Waals surface area contributed by atoms with Gasteiger partial charge in [-0.3, -0.25) is 19.2 Å². The van der Waals surface area contributed by atoms with E-state index in [-0.39, 0.29) is 29.0 Å². The van der Waals surface area contributed by atoms with E-state index in [9.17, 15) is 19.2 Å². The van der Waals surface area contributed by atoms with E-state index in [1.54, 1.807) is 0 Å². The maximum absolute atomic E-state index is 11.4. The van der Waals surface area contributed by atoms with Crippen molar-refractivity contribution in [2.75, 3.05) is 6.61 Å². The Bertz CT molecular complexity index is 513. The zero-order valence-electron chi connectivity index (χ0n) is 14.0. The number of rotatable bonds is 5. The van der Waals surface area contributed by atoms with Crippen molar-refractivity contribution in [3.63, 3.8) is 0 Å². The van der Waals surface area contributed by atoms with Crippen LogP contribution in [0.1, 0.15) is 27.7 Å². The Morgan fingerprint density at radius 1 is 0.800 bits per heavy atom. The van der Waals surface area contributed by atoms with Gasteiger partial charge in [-0.25, -0.2) is 0 Å². The summed E-state index contributed by atoms with van der Waals surface area (Å²) >= 11 is 5.11. The second kappa shape index (κ2) is 10.8. The Morgan fingerprint density at radius 2 is 1.24 bits per heavy atom. The van der Waals surface area contributed by atoms with Gasteiger partial charge in [-0.15, -0.1) is 0 Å². The molecule has 9 nitrogen and oxygen atoms in total. The van der Waals surface area contributed by atoms with Gasteiger partial charge in [0.25, 0.3) is 0 Å². The molecule has 0 amide bonds. The minimum absolute atomic E-state index is 0. The Kier molecular flexibility index (Phi) is 10.4. The molecule has 1 saturated heterocycles. The molecule has 1 aliphatic rings. The van der Waals surface area contributed by atoms with Crippen molar-refractivity contribution in [3.8, 4) is 0 Å². The maximum Gasteiger partial charge on any atom is 1.00 e. The Labute approximate surface area is 165 Å². The van der Waals surface area contributed by atoms with Gasteiger partial charge in [-0.2, -0.15) is 0 Å². The second-order valence-electron chi connectivity index (χ2n) is 5.07. The largest absolute Gasteiger partial charge is 1.00 e. The van der Waals surface area contributed by atoms with E-state index in [2.05, 4.69) is 0 Å². The number of hydrogen-bond acceptors (Lipinski definition) is 10. The van der Waals surface area contributed by atoms with E-state index >= 15 is 0 Å². The molecule has 0 aromatic rings. The van der Waals surface area contributed by atoms with Crippen LogP contribution in [0.5, 0.6) is 0 Å². The summed E-state index contributed by atoms with van der Waals surface area (Å²) in [6.07, 6.45) is -4.47. The number of carbonyl (C=O) groups excluding carboxylic acids is 4. The van der Waals surface area contributed by atoms with E-state index in [0.29, 0.717) is 0 Å². The fourth-order valence-electron chi connectivity index (χ4n) is 2.19. The molecule has 0 radical (unpaired) electrons. The molecule has 1 heterocycles. The number of ether oxygens (including phenoxy) is 5. The van der Waals surface area contributed by atoms with Gasteiger partial charge in [0, 0.05) is 27.7 Å². The van der Waals surface area contributed by atoms with Gasteiger partial charge in [0.15, 0.2) is 12.2 Å². The molecule has 1 fully saturated rings. The van der Waals surface area contributed by atoms with E-state index in [4.69, 9.17) is 36.3 Å². The molecule has 146 valence electrons. The summed E-state index contributed by atoms with van der Waals surface area (Å²) < 4.78 is 25.7. The predicted molar refractivity (Wildman–Crippen MR) is 79.3 cm³/mol. The van der Waals surface area contributed by atoms with Gasteiger partial charge in [-0.1, -0.05) is 0 Å². The molecule has 0 N–H and O–H groups in total. The monoisotopic (exact) mass is 560 g/mol. The first-order chi connectivity index (χ1) is 11.1. The van der Waals surface area contributed by atoms with Gasteiger partial charge in [0.1, 0.15) is 18.8 Å². The standard InChI is InChI=1S/C14H20O9S.Au/c1-6(15)19-5-10-11(20-7(2)16)12(21-8(3)17)13(14(24)23-10)22-9(4)18;/h10-14,24H,5H2,1-4H3;/q;+1/p-1. The van der Waals surface area contributed by atoms with Crippen LogP contribution < -0.4 is 0 Å². The quantitative estimate of drug-likeness (QED) is 0.191. The van der Waals surface area contributed by atoms with E-state index in [1.807, 2.05) is 0 Å². The van der Waals surface area contributed by atoms with Crippen LogP contribution in [-0.4, -0.2) is 60.3 Å². The Hall–Kier alpha value is -1.07. The number of carbonyl (C=O) groups is 4. The van der Waals surface area contributed by atoms with Crippen molar-refractivity contribution in [1.82, 2.24) is 0 Å². The summed E-state index contributed by atoms with van der Waals surface area (Å²) in [6, 6.07) is 0. The first kappa shape index (κ1) is 23.9. The number of esters is 4. The normalized spacial score (nSPS) is 28.1. The molecular formula is C14H19AuO9S. The second-order valence-corrected chi connectivity index (χ2v) is 5.53. The third kappa shape index (κ3) is 7.78. The molecule has 0 aromatic carbocycles. The molecule has 0 aliphatic carbocycles. The summed E-state index contributed by atoms with van der Waals surface area (Å²) in [6.45, 7) is 4.36. The maximum atomic E-state index is 11.4. The number of hydrogen-bond donors (Lipinski definition) is 0. The van der Waals surface area contributed by atoms with Crippen molar-refractivity contribution in [2.24, 2.45) is 0 Å². The molecular weight excluding hydrogens is 541 g/mol. The summed E-state index contributed by atoms with van der Waals surface area (Å²) in [5, 5.41) is 0. The van der Waals surface area contributed by atoms with Crippen molar-refractivity contribution in [1.29, 1.82) is 0 Å². The average Bonchev–Trinajstić information content (AvgIpc) is 2.42. The zero-order valence-corrected chi connectivity index (χ0v) is 17.0. The molecule has 5 atom stereocenters. The van der Waals surface area contributed by atoms with Crippen LogP contribution in [0.3, 0.4) is 0 Å².